The van der Waals surface area contributed by atoms with Gasteiger partial charge in [0.05, 0.1) is 5.02 Å². The summed E-state index contributed by atoms with van der Waals surface area (Å²) in [5.41, 5.74) is 0.800. The fraction of sp³-hybridized carbons (Fsp3) is 0. The summed E-state index contributed by atoms with van der Waals surface area (Å²) in [5.74, 6) is 5.10. The maximum Gasteiger partial charge on any atom is 0.142 e. The Kier molecular flexibility index (Phi) is 2.19. The second-order valence-electron chi connectivity index (χ2n) is 2.57. The average molecular weight is 217 g/mol. The standard InChI is InChI=1S/C8H6ClFN2S/c9-6-4-8-5(3-7(6)10)1-2-12(11)13-8/h1-4H,11H2. The molecule has 2 nitrogen and oxygen atoms in total. The molecule has 0 saturated carbocycles. The van der Waals surface area contributed by atoms with E-state index < -0.39 is 5.82 Å². The van der Waals surface area contributed by atoms with Gasteiger partial charge in [0.15, 0.2) is 0 Å². The highest BCUT2D eigenvalue weighted by molar-refractivity contribution is 7.97. The molecule has 0 saturated heterocycles. The maximum atomic E-state index is 13.0. The molecule has 0 aliphatic carbocycles. The highest BCUT2D eigenvalue weighted by Gasteiger charge is 2.12. The first-order chi connectivity index (χ1) is 6.16. The predicted octanol–water partition coefficient (Wildman–Crippen LogP) is 2.65. The fourth-order valence-electron chi connectivity index (χ4n) is 1.05. The number of hydrazine groups is 1. The van der Waals surface area contributed by atoms with Crippen molar-refractivity contribution in [3.05, 3.63) is 34.7 Å². The van der Waals surface area contributed by atoms with Crippen LogP contribution in [0.25, 0.3) is 6.08 Å². The first-order valence-corrected chi connectivity index (χ1v) is 4.71. The number of rotatable bonds is 0. The molecular formula is C8H6ClFN2S. The molecular weight excluding hydrogens is 211 g/mol. The summed E-state index contributed by atoms with van der Waals surface area (Å²) in [6, 6.07) is 2.97. The van der Waals surface area contributed by atoms with Crippen molar-refractivity contribution in [3.63, 3.8) is 0 Å². The van der Waals surface area contributed by atoms with Gasteiger partial charge in [-0.3, -0.25) is 4.41 Å². The van der Waals surface area contributed by atoms with E-state index in [0.29, 0.717) is 0 Å². The summed E-state index contributed by atoms with van der Waals surface area (Å²) in [4.78, 5) is 0.858. The lowest BCUT2D eigenvalue weighted by molar-refractivity contribution is 0.625. The van der Waals surface area contributed by atoms with Crippen molar-refractivity contribution in [2.45, 2.75) is 4.90 Å². The normalized spacial score (nSPS) is 14.5. The number of hydrogen-bond acceptors (Lipinski definition) is 3. The van der Waals surface area contributed by atoms with Gasteiger partial charge in [0.1, 0.15) is 5.82 Å². The maximum absolute atomic E-state index is 13.0. The Bertz CT molecular complexity index is 381. The fourth-order valence-corrected chi connectivity index (χ4v) is 2.03. The second-order valence-corrected chi connectivity index (χ2v) is 4.02. The number of benzene rings is 1. The summed E-state index contributed by atoms with van der Waals surface area (Å²) in [6.07, 6.45) is 3.41. The molecule has 1 aromatic rings. The van der Waals surface area contributed by atoms with Crippen LogP contribution in [-0.4, -0.2) is 4.41 Å². The van der Waals surface area contributed by atoms with Crippen LogP contribution in [-0.2, 0) is 0 Å². The molecule has 1 heterocycles. The minimum Gasteiger partial charge on any atom is -0.256 e. The quantitative estimate of drug-likeness (QED) is 0.534. The lowest BCUT2D eigenvalue weighted by atomic mass is 10.2. The molecule has 5 heteroatoms. The Hall–Kier alpha value is -0.710. The van der Waals surface area contributed by atoms with Gasteiger partial charge in [-0.25, -0.2) is 10.2 Å². The van der Waals surface area contributed by atoms with Gasteiger partial charge in [-0.2, -0.15) is 0 Å². The minimum atomic E-state index is -0.406. The molecule has 2 rings (SSSR count). The Morgan fingerprint density at radius 3 is 3.00 bits per heavy atom. The van der Waals surface area contributed by atoms with Crippen molar-refractivity contribution in [1.82, 2.24) is 4.41 Å². The molecule has 0 amide bonds. The van der Waals surface area contributed by atoms with E-state index in [-0.39, 0.29) is 5.02 Å². The molecule has 2 N–H and O–H groups in total. The summed E-state index contributed by atoms with van der Waals surface area (Å²) in [6.45, 7) is 0. The molecule has 1 aliphatic rings. The van der Waals surface area contributed by atoms with Gasteiger partial charge in [-0.15, -0.1) is 0 Å². The van der Waals surface area contributed by atoms with Crippen LogP contribution < -0.4 is 5.84 Å². The molecule has 1 aliphatic heterocycles. The molecule has 0 unspecified atom stereocenters. The van der Waals surface area contributed by atoms with Crippen molar-refractivity contribution in [3.8, 4) is 0 Å². The van der Waals surface area contributed by atoms with Crippen LogP contribution in [0.1, 0.15) is 5.56 Å². The van der Waals surface area contributed by atoms with E-state index in [0.717, 1.165) is 10.5 Å². The zero-order valence-corrected chi connectivity index (χ0v) is 8.07. The Balaban J connectivity index is 2.52. The van der Waals surface area contributed by atoms with Crippen molar-refractivity contribution >= 4 is 29.6 Å². The van der Waals surface area contributed by atoms with Gasteiger partial charge in [0.2, 0.25) is 0 Å². The van der Waals surface area contributed by atoms with Crippen molar-refractivity contribution < 1.29 is 4.39 Å². The second kappa shape index (κ2) is 3.21. The van der Waals surface area contributed by atoms with Crippen LogP contribution in [0.4, 0.5) is 4.39 Å². The molecule has 0 atom stereocenters. The topological polar surface area (TPSA) is 29.3 Å². The molecule has 68 valence electrons. The van der Waals surface area contributed by atoms with E-state index in [4.69, 9.17) is 17.4 Å². The van der Waals surface area contributed by atoms with E-state index in [1.54, 1.807) is 18.3 Å². The summed E-state index contributed by atoms with van der Waals surface area (Å²) in [5, 5.41) is 0.120. The van der Waals surface area contributed by atoms with Crippen molar-refractivity contribution in [2.75, 3.05) is 0 Å². The first kappa shape index (κ1) is 8.87. The third-order valence-electron chi connectivity index (χ3n) is 1.66. The predicted molar refractivity (Wildman–Crippen MR) is 52.3 cm³/mol. The van der Waals surface area contributed by atoms with E-state index in [1.807, 2.05) is 0 Å². The molecule has 0 bridgehead atoms. The Morgan fingerprint density at radius 1 is 1.46 bits per heavy atom. The largest absolute Gasteiger partial charge is 0.256 e. The highest BCUT2D eigenvalue weighted by Crippen LogP contribution is 2.33. The van der Waals surface area contributed by atoms with Gasteiger partial charge in [0, 0.05) is 23.0 Å². The van der Waals surface area contributed by atoms with Gasteiger partial charge in [-0.05, 0) is 23.8 Å². The van der Waals surface area contributed by atoms with Crippen LogP contribution in [0.15, 0.2) is 23.2 Å². The minimum absolute atomic E-state index is 0.120. The van der Waals surface area contributed by atoms with Crippen LogP contribution in [0.2, 0.25) is 5.02 Å². The third kappa shape index (κ3) is 1.65. The van der Waals surface area contributed by atoms with E-state index in [1.165, 1.54) is 22.4 Å². The van der Waals surface area contributed by atoms with Crippen LogP contribution in [0, 0.1) is 5.82 Å². The molecule has 0 radical (unpaired) electrons. The molecule has 0 aromatic heterocycles. The third-order valence-corrected chi connectivity index (χ3v) is 2.83. The van der Waals surface area contributed by atoms with Crippen molar-refractivity contribution in [1.29, 1.82) is 0 Å². The van der Waals surface area contributed by atoms with Gasteiger partial charge in [-0.1, -0.05) is 11.6 Å². The van der Waals surface area contributed by atoms with E-state index in [9.17, 15) is 4.39 Å². The number of halogens is 2. The van der Waals surface area contributed by atoms with Gasteiger partial charge >= 0.3 is 0 Å². The smallest absolute Gasteiger partial charge is 0.142 e. The van der Waals surface area contributed by atoms with Gasteiger partial charge in [0.25, 0.3) is 0 Å². The summed E-state index contributed by atoms with van der Waals surface area (Å²) >= 11 is 6.93. The monoisotopic (exact) mass is 216 g/mol. The van der Waals surface area contributed by atoms with Gasteiger partial charge < -0.3 is 0 Å². The van der Waals surface area contributed by atoms with Crippen LogP contribution in [0.5, 0.6) is 0 Å². The number of hydrogen-bond donors (Lipinski definition) is 1. The van der Waals surface area contributed by atoms with Crippen molar-refractivity contribution in [2.24, 2.45) is 5.84 Å². The van der Waals surface area contributed by atoms with Crippen LogP contribution in [0.3, 0.4) is 0 Å². The van der Waals surface area contributed by atoms with E-state index in [2.05, 4.69) is 0 Å². The summed E-state index contributed by atoms with van der Waals surface area (Å²) < 4.78 is 14.4. The number of nitrogens with zero attached hydrogens (tertiary/aromatic N) is 1. The molecule has 1 aromatic carbocycles. The SMILES string of the molecule is NN1C=Cc2cc(F)c(Cl)cc2S1. The Morgan fingerprint density at radius 2 is 2.23 bits per heavy atom. The number of nitrogens with two attached hydrogens (primary N) is 1. The lowest BCUT2D eigenvalue weighted by Gasteiger charge is -2.18. The molecule has 0 spiro atoms. The lowest BCUT2D eigenvalue weighted by Crippen LogP contribution is -2.18. The molecule has 13 heavy (non-hydrogen) atoms. The summed E-state index contributed by atoms with van der Waals surface area (Å²) in [7, 11) is 0. The zero-order chi connectivity index (χ0) is 9.42. The Labute approximate surface area is 84.3 Å². The molecule has 0 fully saturated rings. The highest BCUT2D eigenvalue weighted by atomic mass is 35.5. The zero-order valence-electron chi connectivity index (χ0n) is 6.50. The number of fused-ring (bicyclic) bond motifs is 1. The van der Waals surface area contributed by atoms with E-state index >= 15 is 0 Å². The van der Waals surface area contributed by atoms with Crippen LogP contribution >= 0.6 is 23.5 Å². The average Bonchev–Trinajstić information content (AvgIpc) is 2.08. The first-order valence-electron chi connectivity index (χ1n) is 3.56.